The number of halogens is 1. The predicted molar refractivity (Wildman–Crippen MR) is 141 cm³/mol. The summed E-state index contributed by atoms with van der Waals surface area (Å²) in [4.78, 5) is 30.3. The first-order valence-corrected chi connectivity index (χ1v) is 12.8. The summed E-state index contributed by atoms with van der Waals surface area (Å²) in [6.45, 7) is 0. The summed E-state index contributed by atoms with van der Waals surface area (Å²) in [6, 6.07) is 10.8. The molecule has 1 aliphatic rings. The van der Waals surface area contributed by atoms with Gasteiger partial charge in [-0.15, -0.1) is 11.3 Å². The zero-order chi connectivity index (χ0) is 24.9. The van der Waals surface area contributed by atoms with Gasteiger partial charge in [-0.2, -0.15) is 5.10 Å². The van der Waals surface area contributed by atoms with Crippen LogP contribution < -0.4 is 5.32 Å². The largest absolute Gasteiger partial charge is 0.336 e. The normalized spacial score (nSPS) is 13.8. The molecule has 182 valence electrons. The molecule has 0 spiro atoms. The van der Waals surface area contributed by atoms with Crippen LogP contribution in [0, 0.1) is 11.7 Å². The number of aromatic amines is 2. The van der Waals surface area contributed by atoms with Crippen LogP contribution in [0.1, 0.15) is 19.3 Å². The van der Waals surface area contributed by atoms with Crippen molar-refractivity contribution in [3.63, 3.8) is 0 Å². The minimum absolute atomic E-state index is 0.0143. The molecule has 7 rings (SSSR count). The Morgan fingerprint density at radius 2 is 2.03 bits per heavy atom. The van der Waals surface area contributed by atoms with E-state index in [0.717, 1.165) is 40.9 Å². The van der Waals surface area contributed by atoms with Crippen molar-refractivity contribution in [2.24, 2.45) is 5.92 Å². The van der Waals surface area contributed by atoms with E-state index in [-0.39, 0.29) is 11.8 Å². The van der Waals surface area contributed by atoms with Gasteiger partial charge in [0.1, 0.15) is 22.7 Å². The number of imidazole rings is 1. The molecule has 3 N–H and O–H groups in total. The van der Waals surface area contributed by atoms with Gasteiger partial charge in [0.05, 0.1) is 27.8 Å². The van der Waals surface area contributed by atoms with E-state index < -0.39 is 5.82 Å². The first-order valence-electron chi connectivity index (χ1n) is 12.0. The van der Waals surface area contributed by atoms with Gasteiger partial charge in [-0.25, -0.2) is 9.37 Å². The van der Waals surface area contributed by atoms with Gasteiger partial charge in [0.15, 0.2) is 5.82 Å². The lowest BCUT2D eigenvalue weighted by Gasteiger charge is -2.24. The van der Waals surface area contributed by atoms with Crippen molar-refractivity contribution < 1.29 is 9.18 Å². The molecular formula is C27H20FN7OS. The number of nitrogens with zero attached hydrogens (tertiary/aromatic N) is 4. The Balaban J connectivity index is 1.29. The molecule has 5 heterocycles. The molecule has 0 unspecified atom stereocenters. The van der Waals surface area contributed by atoms with Gasteiger partial charge in [0, 0.05) is 40.9 Å². The maximum atomic E-state index is 15.2. The standard InChI is InChI=1S/C27H20FN7OS/c28-19-11-21-18(10-17(19)15-9-16(13-29-12-15)31-27(36)14-3-1-4-14)23(35-34-21)26-32-20-6-7-30-25(24(20)33-26)22-5-2-8-37-22/h2,5-14H,1,3-4H2,(H,31,36)(H,32,33)(H,34,35). The van der Waals surface area contributed by atoms with Crippen molar-refractivity contribution in [2.75, 3.05) is 5.32 Å². The first-order chi connectivity index (χ1) is 18.1. The summed E-state index contributed by atoms with van der Waals surface area (Å²) in [5, 5.41) is 13.0. The molecule has 0 saturated heterocycles. The van der Waals surface area contributed by atoms with Gasteiger partial charge in [0.2, 0.25) is 5.91 Å². The lowest BCUT2D eigenvalue weighted by molar-refractivity contribution is -0.122. The highest BCUT2D eigenvalue weighted by atomic mass is 32.1. The molecule has 5 aromatic heterocycles. The highest BCUT2D eigenvalue weighted by Gasteiger charge is 2.25. The van der Waals surface area contributed by atoms with Crippen molar-refractivity contribution >= 4 is 44.9 Å². The van der Waals surface area contributed by atoms with Gasteiger partial charge in [-0.05, 0) is 42.5 Å². The van der Waals surface area contributed by atoms with Crippen molar-refractivity contribution in [3.05, 3.63) is 66.2 Å². The Hall–Kier alpha value is -4.44. The number of rotatable bonds is 5. The van der Waals surface area contributed by atoms with Gasteiger partial charge >= 0.3 is 0 Å². The Kier molecular flexibility index (Phi) is 5.07. The van der Waals surface area contributed by atoms with Gasteiger partial charge < -0.3 is 10.3 Å². The number of benzene rings is 1. The number of amides is 1. The minimum atomic E-state index is -0.416. The number of carbonyl (C=O) groups is 1. The molecule has 8 nitrogen and oxygen atoms in total. The second kappa shape index (κ2) is 8.59. The zero-order valence-electron chi connectivity index (χ0n) is 19.5. The number of anilines is 1. The van der Waals surface area contributed by atoms with Gasteiger partial charge in [-0.3, -0.25) is 19.9 Å². The maximum absolute atomic E-state index is 15.2. The molecule has 37 heavy (non-hydrogen) atoms. The van der Waals surface area contributed by atoms with Crippen molar-refractivity contribution in [3.8, 4) is 33.2 Å². The molecule has 1 fully saturated rings. The summed E-state index contributed by atoms with van der Waals surface area (Å²) >= 11 is 1.60. The number of hydrogen-bond acceptors (Lipinski definition) is 6. The number of carbonyl (C=O) groups excluding carboxylic acids is 1. The quantitative estimate of drug-likeness (QED) is 0.257. The topological polar surface area (TPSA) is 112 Å². The molecule has 0 atom stereocenters. The third-order valence-corrected chi connectivity index (χ3v) is 7.70. The average molecular weight is 510 g/mol. The average Bonchev–Trinajstić information content (AvgIpc) is 3.61. The summed E-state index contributed by atoms with van der Waals surface area (Å²) in [7, 11) is 0. The Bertz CT molecular complexity index is 1790. The lowest BCUT2D eigenvalue weighted by atomic mass is 9.85. The van der Waals surface area contributed by atoms with Crippen molar-refractivity contribution in [1.29, 1.82) is 0 Å². The molecule has 1 amide bonds. The fraction of sp³-hybridized carbons (Fsp3) is 0.148. The summed E-state index contributed by atoms with van der Waals surface area (Å²) in [5.41, 5.74) is 4.98. The van der Waals surface area contributed by atoms with E-state index in [0.29, 0.717) is 39.2 Å². The van der Waals surface area contributed by atoms with E-state index in [1.165, 1.54) is 6.07 Å². The molecule has 1 aliphatic carbocycles. The van der Waals surface area contributed by atoms with Crippen LogP contribution in [-0.2, 0) is 4.79 Å². The van der Waals surface area contributed by atoms with Gasteiger partial charge in [0.25, 0.3) is 0 Å². The third kappa shape index (κ3) is 3.77. The van der Waals surface area contributed by atoms with Crippen LogP contribution in [0.4, 0.5) is 10.1 Å². The van der Waals surface area contributed by atoms with E-state index in [9.17, 15) is 4.79 Å². The molecule has 1 aromatic carbocycles. The second-order valence-corrected chi connectivity index (χ2v) is 10.1. The lowest BCUT2D eigenvalue weighted by Crippen LogP contribution is -2.28. The van der Waals surface area contributed by atoms with E-state index in [2.05, 4.69) is 30.5 Å². The van der Waals surface area contributed by atoms with E-state index in [1.54, 1.807) is 42.1 Å². The molecule has 10 heteroatoms. The number of aromatic nitrogens is 6. The number of hydrogen-bond donors (Lipinski definition) is 3. The third-order valence-electron chi connectivity index (χ3n) is 6.82. The predicted octanol–water partition coefficient (Wildman–Crippen LogP) is 6.17. The van der Waals surface area contributed by atoms with Crippen molar-refractivity contribution in [2.45, 2.75) is 19.3 Å². The SMILES string of the molecule is O=C(Nc1cncc(-c2cc3c(-c4nc5c(-c6cccs6)nccc5[nH]4)n[nH]c3cc2F)c1)C1CCC1. The second-order valence-electron chi connectivity index (χ2n) is 9.15. The van der Waals surface area contributed by atoms with Gasteiger partial charge in [-0.1, -0.05) is 12.5 Å². The molecule has 0 bridgehead atoms. The first kappa shape index (κ1) is 21.8. The smallest absolute Gasteiger partial charge is 0.227 e. The zero-order valence-corrected chi connectivity index (χ0v) is 20.3. The molecule has 0 radical (unpaired) electrons. The fourth-order valence-corrected chi connectivity index (χ4v) is 5.37. The van der Waals surface area contributed by atoms with Crippen LogP contribution >= 0.6 is 11.3 Å². The molecular weight excluding hydrogens is 489 g/mol. The maximum Gasteiger partial charge on any atom is 0.227 e. The Labute approximate surface area is 214 Å². The Morgan fingerprint density at radius 3 is 2.84 bits per heavy atom. The number of H-pyrrole nitrogens is 2. The van der Waals surface area contributed by atoms with Crippen molar-refractivity contribution in [1.82, 2.24) is 30.1 Å². The number of thiophene rings is 1. The van der Waals surface area contributed by atoms with E-state index >= 15 is 4.39 Å². The number of pyridine rings is 2. The van der Waals surface area contributed by atoms with Crippen LogP contribution in [0.3, 0.4) is 0 Å². The van der Waals surface area contributed by atoms with Crippen LogP contribution in [0.15, 0.2) is 60.4 Å². The summed E-state index contributed by atoms with van der Waals surface area (Å²) in [5.74, 6) is 0.175. The monoisotopic (exact) mass is 509 g/mol. The van der Waals surface area contributed by atoms with E-state index in [4.69, 9.17) is 4.98 Å². The van der Waals surface area contributed by atoms with Crippen LogP contribution in [0.5, 0.6) is 0 Å². The highest BCUT2D eigenvalue weighted by Crippen LogP contribution is 2.35. The highest BCUT2D eigenvalue weighted by molar-refractivity contribution is 7.13. The molecule has 6 aromatic rings. The number of nitrogens with one attached hydrogen (secondary N) is 3. The van der Waals surface area contributed by atoms with Crippen LogP contribution in [-0.4, -0.2) is 36.0 Å². The Morgan fingerprint density at radius 1 is 1.11 bits per heavy atom. The molecule has 0 aliphatic heterocycles. The summed E-state index contributed by atoms with van der Waals surface area (Å²) < 4.78 is 15.2. The number of fused-ring (bicyclic) bond motifs is 2. The minimum Gasteiger partial charge on any atom is -0.336 e. The fourth-order valence-electron chi connectivity index (χ4n) is 4.65. The molecule has 1 saturated carbocycles. The van der Waals surface area contributed by atoms with E-state index in [1.807, 2.05) is 23.6 Å². The summed E-state index contributed by atoms with van der Waals surface area (Å²) in [6.07, 6.45) is 7.79. The van der Waals surface area contributed by atoms with Crippen LogP contribution in [0.2, 0.25) is 0 Å². The van der Waals surface area contributed by atoms with Crippen LogP contribution in [0.25, 0.3) is 55.2 Å².